The van der Waals surface area contributed by atoms with E-state index < -0.39 is 0 Å². The van der Waals surface area contributed by atoms with Crippen molar-refractivity contribution in [2.24, 2.45) is 11.0 Å². The van der Waals surface area contributed by atoms with Gasteiger partial charge in [0.15, 0.2) is 0 Å². The van der Waals surface area contributed by atoms with Gasteiger partial charge >= 0.3 is 6.09 Å². The SMILES string of the molecule is CCOC(=O)N1CC2CCC1CC2N=[N+]=[N-]. The summed E-state index contributed by atoms with van der Waals surface area (Å²) in [6.07, 6.45) is 2.61. The second kappa shape index (κ2) is 4.61. The Bertz CT molecular complexity index is 327. The maximum Gasteiger partial charge on any atom is 0.410 e. The average Bonchev–Trinajstić information content (AvgIpc) is 2.30. The summed E-state index contributed by atoms with van der Waals surface area (Å²) in [5, 5.41) is 3.81. The number of rotatable bonds is 2. The number of azide groups is 1. The zero-order chi connectivity index (χ0) is 11.5. The van der Waals surface area contributed by atoms with E-state index in [0.29, 0.717) is 19.1 Å². The van der Waals surface area contributed by atoms with Gasteiger partial charge in [-0.25, -0.2) is 4.79 Å². The molecule has 1 saturated carbocycles. The van der Waals surface area contributed by atoms with Crippen LogP contribution in [0.25, 0.3) is 10.4 Å². The molecule has 0 aromatic carbocycles. The van der Waals surface area contributed by atoms with Crippen molar-refractivity contribution in [1.82, 2.24) is 4.90 Å². The summed E-state index contributed by atoms with van der Waals surface area (Å²) >= 11 is 0. The number of fused-ring (bicyclic) bond motifs is 3. The van der Waals surface area contributed by atoms with E-state index in [1.54, 1.807) is 4.90 Å². The maximum atomic E-state index is 11.7. The third-order valence-corrected chi connectivity index (χ3v) is 3.50. The number of piperidine rings is 2. The van der Waals surface area contributed by atoms with Crippen molar-refractivity contribution < 1.29 is 9.53 Å². The fourth-order valence-corrected chi connectivity index (χ4v) is 2.72. The molecule has 88 valence electrons. The van der Waals surface area contributed by atoms with Crippen molar-refractivity contribution in [2.75, 3.05) is 13.2 Å². The molecule has 1 amide bonds. The molecule has 1 aliphatic carbocycles. The molecule has 0 spiro atoms. The molecule has 0 N–H and O–H groups in total. The van der Waals surface area contributed by atoms with E-state index in [1.165, 1.54) is 0 Å². The Morgan fingerprint density at radius 2 is 2.44 bits per heavy atom. The molecule has 2 bridgehead atoms. The van der Waals surface area contributed by atoms with Crippen LogP contribution in [0.15, 0.2) is 5.11 Å². The van der Waals surface area contributed by atoms with Crippen LogP contribution in [0.4, 0.5) is 4.79 Å². The zero-order valence-corrected chi connectivity index (χ0v) is 9.37. The summed E-state index contributed by atoms with van der Waals surface area (Å²) in [6, 6.07) is 0.258. The van der Waals surface area contributed by atoms with Gasteiger partial charge in [-0.2, -0.15) is 0 Å². The number of carbonyl (C=O) groups excluding carboxylic acids is 1. The largest absolute Gasteiger partial charge is 0.450 e. The molecule has 6 nitrogen and oxygen atoms in total. The van der Waals surface area contributed by atoms with Gasteiger partial charge in [0.2, 0.25) is 0 Å². The lowest BCUT2D eigenvalue weighted by atomic mass is 9.77. The Kier molecular flexibility index (Phi) is 3.19. The number of ether oxygens (including phenoxy) is 1. The lowest BCUT2D eigenvalue weighted by Gasteiger charge is -2.47. The van der Waals surface area contributed by atoms with Crippen LogP contribution in [0.3, 0.4) is 0 Å². The summed E-state index contributed by atoms with van der Waals surface area (Å²) < 4.78 is 5.01. The molecule has 16 heavy (non-hydrogen) atoms. The summed E-state index contributed by atoms with van der Waals surface area (Å²) in [7, 11) is 0. The lowest BCUT2D eigenvalue weighted by molar-refractivity contribution is 0.0226. The Balaban J connectivity index is 2.03. The number of amides is 1. The minimum absolute atomic E-state index is 0.0643. The van der Waals surface area contributed by atoms with Crippen LogP contribution in [-0.4, -0.2) is 36.2 Å². The smallest absolute Gasteiger partial charge is 0.410 e. The Hall–Kier alpha value is -1.42. The number of carbonyl (C=O) groups is 1. The van der Waals surface area contributed by atoms with Gasteiger partial charge in [-0.1, -0.05) is 5.11 Å². The van der Waals surface area contributed by atoms with Gasteiger partial charge in [-0.15, -0.1) is 0 Å². The van der Waals surface area contributed by atoms with E-state index in [4.69, 9.17) is 10.3 Å². The van der Waals surface area contributed by atoms with Crippen LogP contribution in [0.1, 0.15) is 26.2 Å². The normalized spacial score (nSPS) is 32.1. The van der Waals surface area contributed by atoms with Crippen LogP contribution in [0, 0.1) is 5.92 Å². The van der Waals surface area contributed by atoms with E-state index in [0.717, 1.165) is 19.3 Å². The van der Waals surface area contributed by atoms with Gasteiger partial charge in [0.25, 0.3) is 0 Å². The molecule has 2 aliphatic heterocycles. The van der Waals surface area contributed by atoms with Crippen molar-refractivity contribution >= 4 is 6.09 Å². The topological polar surface area (TPSA) is 78.3 Å². The summed E-state index contributed by atoms with van der Waals surface area (Å²) in [5.41, 5.74) is 8.46. The highest BCUT2D eigenvalue weighted by atomic mass is 16.6. The minimum atomic E-state index is -0.225. The van der Waals surface area contributed by atoms with Crippen LogP contribution < -0.4 is 0 Å². The fraction of sp³-hybridized carbons (Fsp3) is 0.900. The minimum Gasteiger partial charge on any atom is -0.450 e. The van der Waals surface area contributed by atoms with E-state index >= 15 is 0 Å². The van der Waals surface area contributed by atoms with Gasteiger partial charge in [0, 0.05) is 23.5 Å². The molecule has 3 atom stereocenters. The predicted octanol–water partition coefficient (Wildman–Crippen LogP) is 2.31. The molecule has 3 unspecified atom stereocenters. The number of hydrogen-bond acceptors (Lipinski definition) is 3. The summed E-state index contributed by atoms with van der Waals surface area (Å²) in [5.74, 6) is 0.310. The molecule has 3 fully saturated rings. The third kappa shape index (κ3) is 1.93. The first-order valence-electron chi connectivity index (χ1n) is 5.73. The van der Waals surface area contributed by atoms with E-state index in [9.17, 15) is 4.79 Å². The highest BCUT2D eigenvalue weighted by Gasteiger charge is 2.42. The monoisotopic (exact) mass is 224 g/mol. The van der Waals surface area contributed by atoms with E-state index in [2.05, 4.69) is 10.0 Å². The van der Waals surface area contributed by atoms with Crippen LogP contribution >= 0.6 is 0 Å². The molecule has 0 aromatic rings. The predicted molar refractivity (Wildman–Crippen MR) is 57.8 cm³/mol. The summed E-state index contributed by atoms with van der Waals surface area (Å²) in [4.78, 5) is 16.3. The Morgan fingerprint density at radius 1 is 1.62 bits per heavy atom. The molecule has 3 aliphatic rings. The van der Waals surface area contributed by atoms with Crippen LogP contribution in [-0.2, 0) is 4.74 Å². The highest BCUT2D eigenvalue weighted by molar-refractivity contribution is 5.68. The summed E-state index contributed by atoms with van der Waals surface area (Å²) in [6.45, 7) is 2.89. The molecule has 0 radical (unpaired) electrons. The van der Waals surface area contributed by atoms with Gasteiger partial charge in [-0.3, -0.25) is 0 Å². The van der Waals surface area contributed by atoms with Crippen molar-refractivity contribution in [3.63, 3.8) is 0 Å². The highest BCUT2D eigenvalue weighted by Crippen LogP contribution is 2.37. The quantitative estimate of drug-likeness (QED) is 0.410. The van der Waals surface area contributed by atoms with E-state index in [1.807, 2.05) is 6.92 Å². The first-order chi connectivity index (χ1) is 7.76. The Morgan fingerprint density at radius 3 is 3.00 bits per heavy atom. The van der Waals surface area contributed by atoms with Gasteiger partial charge in [0.05, 0.1) is 6.61 Å². The first-order valence-corrected chi connectivity index (χ1v) is 5.73. The second-order valence-corrected chi connectivity index (χ2v) is 4.35. The van der Waals surface area contributed by atoms with Gasteiger partial charge < -0.3 is 9.64 Å². The Labute approximate surface area is 94.2 Å². The zero-order valence-electron chi connectivity index (χ0n) is 9.37. The first kappa shape index (κ1) is 11.1. The standard InChI is InChI=1S/C10H16N4O2/c1-2-16-10(15)14-6-7-3-4-8(14)5-9(7)12-13-11/h7-9H,2-6H2,1H3. The molecule has 0 aromatic heterocycles. The number of nitrogens with zero attached hydrogens (tertiary/aromatic N) is 4. The molecular formula is C10H16N4O2. The van der Waals surface area contributed by atoms with Crippen molar-refractivity contribution in [2.45, 2.75) is 38.3 Å². The van der Waals surface area contributed by atoms with E-state index in [-0.39, 0.29) is 18.2 Å². The number of hydrogen-bond donors (Lipinski definition) is 0. The van der Waals surface area contributed by atoms with Crippen LogP contribution in [0.5, 0.6) is 0 Å². The molecule has 2 saturated heterocycles. The van der Waals surface area contributed by atoms with Crippen LogP contribution in [0.2, 0.25) is 0 Å². The fourth-order valence-electron chi connectivity index (χ4n) is 2.72. The van der Waals surface area contributed by atoms with Crippen molar-refractivity contribution in [1.29, 1.82) is 0 Å². The van der Waals surface area contributed by atoms with Gasteiger partial charge in [-0.05, 0) is 37.6 Å². The van der Waals surface area contributed by atoms with Crippen molar-refractivity contribution in [3.8, 4) is 0 Å². The lowest BCUT2D eigenvalue weighted by Crippen LogP contribution is -2.55. The van der Waals surface area contributed by atoms with Crippen molar-refractivity contribution in [3.05, 3.63) is 10.4 Å². The molecule has 6 heteroatoms. The molecule has 3 rings (SSSR count). The molecule has 2 heterocycles. The maximum absolute atomic E-state index is 11.7. The average molecular weight is 224 g/mol. The molecular weight excluding hydrogens is 208 g/mol. The second-order valence-electron chi connectivity index (χ2n) is 4.35. The third-order valence-electron chi connectivity index (χ3n) is 3.50. The van der Waals surface area contributed by atoms with Gasteiger partial charge in [0.1, 0.15) is 0 Å².